The van der Waals surface area contributed by atoms with Gasteiger partial charge in [0.15, 0.2) is 0 Å². The van der Waals surface area contributed by atoms with Crippen LogP contribution in [0, 0.1) is 17.0 Å². The Kier molecular flexibility index (Phi) is 3.51. The van der Waals surface area contributed by atoms with Crippen LogP contribution in [0.15, 0.2) is 24.5 Å². The van der Waals surface area contributed by atoms with Gasteiger partial charge in [-0.05, 0) is 18.6 Å². The summed E-state index contributed by atoms with van der Waals surface area (Å²) in [4.78, 5) is 22.2. The summed E-state index contributed by atoms with van der Waals surface area (Å²) >= 11 is 0. The summed E-state index contributed by atoms with van der Waals surface area (Å²) in [7, 11) is 0. The first kappa shape index (κ1) is 12.7. The van der Waals surface area contributed by atoms with Gasteiger partial charge < -0.3 is 11.1 Å². The number of pyridine rings is 1. The molecule has 2 heterocycles. The van der Waals surface area contributed by atoms with Crippen LogP contribution < -0.4 is 11.1 Å². The number of nitrogens with two attached hydrogens (primary N) is 1. The quantitative estimate of drug-likeness (QED) is 0.627. The number of rotatable bonds is 4. The number of aryl methyl sites for hydroxylation is 1. The van der Waals surface area contributed by atoms with Crippen LogP contribution in [0.3, 0.4) is 0 Å². The molecule has 8 nitrogen and oxygen atoms in total. The average molecular weight is 260 g/mol. The molecule has 0 aromatic carbocycles. The van der Waals surface area contributed by atoms with Crippen molar-refractivity contribution >= 4 is 17.3 Å². The number of hydrogen-bond donors (Lipinski definition) is 2. The molecule has 0 radical (unpaired) electrons. The van der Waals surface area contributed by atoms with Gasteiger partial charge in [0.2, 0.25) is 0 Å². The van der Waals surface area contributed by atoms with E-state index in [1.54, 1.807) is 19.2 Å². The lowest BCUT2D eigenvalue weighted by molar-refractivity contribution is -0.385. The van der Waals surface area contributed by atoms with Gasteiger partial charge >= 0.3 is 0 Å². The zero-order valence-electron chi connectivity index (χ0n) is 10.2. The Balaban J connectivity index is 2.10. The van der Waals surface area contributed by atoms with Gasteiger partial charge in [-0.25, -0.2) is 15.0 Å². The van der Waals surface area contributed by atoms with E-state index in [2.05, 4.69) is 20.3 Å². The summed E-state index contributed by atoms with van der Waals surface area (Å²) in [6, 6.07) is 3.05. The standard InChI is InChI=1S/C11H12N6O2/c1-7-4-8(17(18)19)5-14-11(7)15-6-10-13-3-2-9(12)16-10/h2-5H,6H2,1H3,(H,14,15)(H2,12,13,16). The maximum Gasteiger partial charge on any atom is 0.287 e. The molecule has 0 aliphatic carbocycles. The SMILES string of the molecule is Cc1cc([N+](=O)[O-])cnc1NCc1nccc(N)n1. The molecule has 0 unspecified atom stereocenters. The first-order chi connectivity index (χ1) is 9.06. The van der Waals surface area contributed by atoms with Crippen LogP contribution in [-0.4, -0.2) is 19.9 Å². The van der Waals surface area contributed by atoms with Crippen LogP contribution in [0.25, 0.3) is 0 Å². The maximum absolute atomic E-state index is 10.6. The number of nitro groups is 1. The van der Waals surface area contributed by atoms with Gasteiger partial charge in [-0.1, -0.05) is 0 Å². The molecule has 0 saturated carbocycles. The third-order valence-corrected chi connectivity index (χ3v) is 2.42. The number of aromatic nitrogens is 3. The maximum atomic E-state index is 10.6. The number of hydrogen-bond acceptors (Lipinski definition) is 7. The third-order valence-electron chi connectivity index (χ3n) is 2.42. The van der Waals surface area contributed by atoms with E-state index < -0.39 is 4.92 Å². The summed E-state index contributed by atoms with van der Waals surface area (Å²) in [5.41, 5.74) is 6.18. The van der Waals surface area contributed by atoms with E-state index in [0.717, 1.165) is 0 Å². The second-order valence-corrected chi connectivity index (χ2v) is 3.87. The lowest BCUT2D eigenvalue weighted by Gasteiger charge is -2.07. The smallest absolute Gasteiger partial charge is 0.287 e. The predicted molar refractivity (Wildman–Crippen MR) is 69.4 cm³/mol. The molecule has 0 aliphatic rings. The highest BCUT2D eigenvalue weighted by atomic mass is 16.6. The van der Waals surface area contributed by atoms with E-state index in [9.17, 15) is 10.1 Å². The number of nitrogens with zero attached hydrogens (tertiary/aromatic N) is 4. The molecule has 2 rings (SSSR count). The van der Waals surface area contributed by atoms with Crippen molar-refractivity contribution in [1.82, 2.24) is 15.0 Å². The van der Waals surface area contributed by atoms with Crippen LogP contribution in [-0.2, 0) is 6.54 Å². The van der Waals surface area contributed by atoms with Gasteiger partial charge in [0.25, 0.3) is 5.69 Å². The summed E-state index contributed by atoms with van der Waals surface area (Å²) in [6.07, 6.45) is 2.77. The molecule has 3 N–H and O–H groups in total. The lowest BCUT2D eigenvalue weighted by atomic mass is 10.2. The molecule has 2 aromatic heterocycles. The zero-order valence-corrected chi connectivity index (χ0v) is 10.2. The fourth-order valence-corrected chi connectivity index (χ4v) is 1.51. The van der Waals surface area contributed by atoms with Crippen molar-refractivity contribution in [3.63, 3.8) is 0 Å². The summed E-state index contributed by atoms with van der Waals surface area (Å²) in [6.45, 7) is 2.08. The van der Waals surface area contributed by atoms with Crippen LogP contribution in [0.2, 0.25) is 0 Å². The summed E-state index contributed by atoms with van der Waals surface area (Å²) in [5.74, 6) is 1.47. The molecule has 0 bridgehead atoms. The second kappa shape index (κ2) is 5.25. The fourth-order valence-electron chi connectivity index (χ4n) is 1.51. The normalized spacial score (nSPS) is 10.2. The molecular formula is C11H12N6O2. The van der Waals surface area contributed by atoms with E-state index in [1.165, 1.54) is 12.3 Å². The summed E-state index contributed by atoms with van der Waals surface area (Å²) < 4.78 is 0. The average Bonchev–Trinajstić information content (AvgIpc) is 2.37. The van der Waals surface area contributed by atoms with E-state index in [1.807, 2.05) is 0 Å². The molecule has 0 saturated heterocycles. The van der Waals surface area contributed by atoms with E-state index in [4.69, 9.17) is 5.73 Å². The molecule has 0 spiro atoms. The van der Waals surface area contributed by atoms with Gasteiger partial charge in [0, 0.05) is 12.3 Å². The molecule has 19 heavy (non-hydrogen) atoms. The van der Waals surface area contributed by atoms with Crippen molar-refractivity contribution in [2.24, 2.45) is 0 Å². The van der Waals surface area contributed by atoms with Crippen molar-refractivity contribution in [1.29, 1.82) is 0 Å². The first-order valence-corrected chi connectivity index (χ1v) is 5.48. The second-order valence-electron chi connectivity index (χ2n) is 3.87. The Morgan fingerprint density at radius 3 is 2.89 bits per heavy atom. The highest BCUT2D eigenvalue weighted by Gasteiger charge is 2.09. The molecule has 8 heteroatoms. The van der Waals surface area contributed by atoms with Gasteiger partial charge in [0.05, 0.1) is 11.5 Å². The molecule has 2 aromatic rings. The Labute approximate surface area is 108 Å². The number of nitrogens with one attached hydrogen (secondary N) is 1. The molecule has 0 fully saturated rings. The first-order valence-electron chi connectivity index (χ1n) is 5.48. The zero-order chi connectivity index (χ0) is 13.8. The van der Waals surface area contributed by atoms with Crippen molar-refractivity contribution in [2.45, 2.75) is 13.5 Å². The molecule has 0 atom stereocenters. The minimum absolute atomic E-state index is 0.0387. The van der Waals surface area contributed by atoms with Crippen LogP contribution >= 0.6 is 0 Å². The van der Waals surface area contributed by atoms with Crippen molar-refractivity contribution in [3.05, 3.63) is 46.0 Å². The van der Waals surface area contributed by atoms with Crippen molar-refractivity contribution in [2.75, 3.05) is 11.1 Å². The van der Waals surface area contributed by atoms with Gasteiger partial charge in [0.1, 0.15) is 23.7 Å². The Hall–Kier alpha value is -2.77. The monoisotopic (exact) mass is 260 g/mol. The Bertz CT molecular complexity index is 616. The predicted octanol–water partition coefficient (Wildman–Crippen LogP) is 1.28. The van der Waals surface area contributed by atoms with Crippen LogP contribution in [0.1, 0.15) is 11.4 Å². The molecule has 0 amide bonds. The largest absolute Gasteiger partial charge is 0.384 e. The number of anilines is 2. The summed E-state index contributed by atoms with van der Waals surface area (Å²) in [5, 5.41) is 13.6. The van der Waals surface area contributed by atoms with Gasteiger partial charge in [-0.15, -0.1) is 0 Å². The van der Waals surface area contributed by atoms with Crippen LogP contribution in [0.5, 0.6) is 0 Å². The van der Waals surface area contributed by atoms with Crippen molar-refractivity contribution in [3.8, 4) is 0 Å². The minimum Gasteiger partial charge on any atom is -0.384 e. The minimum atomic E-state index is -0.481. The van der Waals surface area contributed by atoms with E-state index in [-0.39, 0.29) is 5.69 Å². The van der Waals surface area contributed by atoms with E-state index >= 15 is 0 Å². The van der Waals surface area contributed by atoms with Crippen LogP contribution in [0.4, 0.5) is 17.3 Å². The Morgan fingerprint density at radius 2 is 2.26 bits per heavy atom. The Morgan fingerprint density at radius 1 is 1.47 bits per heavy atom. The van der Waals surface area contributed by atoms with E-state index in [0.29, 0.717) is 29.6 Å². The highest BCUT2D eigenvalue weighted by Crippen LogP contribution is 2.18. The fraction of sp³-hybridized carbons (Fsp3) is 0.182. The topological polar surface area (TPSA) is 120 Å². The number of nitrogen functional groups attached to an aromatic ring is 1. The molecule has 0 aliphatic heterocycles. The third kappa shape index (κ3) is 3.12. The lowest BCUT2D eigenvalue weighted by Crippen LogP contribution is -2.08. The highest BCUT2D eigenvalue weighted by molar-refractivity contribution is 5.48. The van der Waals surface area contributed by atoms with Gasteiger partial charge in [-0.2, -0.15) is 0 Å². The molecule has 98 valence electrons. The van der Waals surface area contributed by atoms with Crippen molar-refractivity contribution < 1.29 is 4.92 Å². The molecular weight excluding hydrogens is 248 g/mol. The van der Waals surface area contributed by atoms with Gasteiger partial charge in [-0.3, -0.25) is 10.1 Å².